The number of methoxy groups -OCH3 is 2. The molecule has 0 aliphatic heterocycles. The predicted molar refractivity (Wildman–Crippen MR) is 98.5 cm³/mol. The van der Waals surface area contributed by atoms with E-state index in [-0.39, 0.29) is 18.2 Å². The van der Waals surface area contributed by atoms with Crippen LogP contribution in [0.15, 0.2) is 12.1 Å². The van der Waals surface area contributed by atoms with Gasteiger partial charge in [0, 0.05) is 12.8 Å². The highest BCUT2D eigenvalue weighted by molar-refractivity contribution is 7.99. The van der Waals surface area contributed by atoms with E-state index in [4.69, 9.17) is 14.2 Å². The molecule has 0 heterocycles. The van der Waals surface area contributed by atoms with E-state index in [1.54, 1.807) is 14.2 Å². The second-order valence-electron chi connectivity index (χ2n) is 5.24. The van der Waals surface area contributed by atoms with E-state index in [1.807, 2.05) is 19.1 Å². The Labute approximate surface area is 156 Å². The molecular formula is C17H24N2O6S. The minimum absolute atomic E-state index is 0.108. The van der Waals surface area contributed by atoms with Gasteiger partial charge in [-0.1, -0.05) is 0 Å². The Morgan fingerprint density at radius 1 is 1.08 bits per heavy atom. The summed E-state index contributed by atoms with van der Waals surface area (Å²) in [6.45, 7) is 1.39. The standard InChI is InChI=1S/C17H24N2O6S/c1-11-5-13(23-3)14(24-4)6-12(11)9-26-10-17(22)25-8-16(21)19-7-15(20)18-2/h5-6H,7-10H2,1-4H3,(H,18,20)(H,19,21). The highest BCUT2D eigenvalue weighted by Crippen LogP contribution is 2.31. The number of nitrogens with one attached hydrogen (secondary N) is 2. The van der Waals surface area contributed by atoms with E-state index >= 15 is 0 Å². The van der Waals surface area contributed by atoms with Crippen molar-refractivity contribution in [2.75, 3.05) is 40.2 Å². The van der Waals surface area contributed by atoms with Gasteiger partial charge in [0.2, 0.25) is 5.91 Å². The van der Waals surface area contributed by atoms with Crippen LogP contribution in [0.4, 0.5) is 0 Å². The maximum absolute atomic E-state index is 11.7. The first-order valence-electron chi connectivity index (χ1n) is 7.83. The summed E-state index contributed by atoms with van der Waals surface area (Å²) in [5.41, 5.74) is 2.04. The Balaban J connectivity index is 2.38. The fourth-order valence-electron chi connectivity index (χ4n) is 1.93. The molecule has 0 unspecified atom stereocenters. The van der Waals surface area contributed by atoms with Gasteiger partial charge in [0.15, 0.2) is 18.1 Å². The highest BCUT2D eigenvalue weighted by atomic mass is 32.2. The van der Waals surface area contributed by atoms with Gasteiger partial charge in [0.05, 0.1) is 26.5 Å². The lowest BCUT2D eigenvalue weighted by molar-refractivity contribution is -0.146. The molecule has 1 aromatic carbocycles. The zero-order valence-electron chi connectivity index (χ0n) is 15.3. The van der Waals surface area contributed by atoms with Crippen LogP contribution in [0.3, 0.4) is 0 Å². The number of hydrogen-bond acceptors (Lipinski definition) is 7. The predicted octanol–water partition coefficient (Wildman–Crippen LogP) is 0.651. The summed E-state index contributed by atoms with van der Waals surface area (Å²) in [5.74, 6) is 0.627. The number of hydrogen-bond donors (Lipinski definition) is 2. The first kappa shape index (κ1) is 21.6. The molecule has 0 radical (unpaired) electrons. The number of aryl methyl sites for hydroxylation is 1. The summed E-state index contributed by atoms with van der Waals surface area (Å²) in [6, 6.07) is 3.75. The second-order valence-corrected chi connectivity index (χ2v) is 6.22. The van der Waals surface area contributed by atoms with E-state index in [0.29, 0.717) is 17.3 Å². The maximum atomic E-state index is 11.7. The van der Waals surface area contributed by atoms with Gasteiger partial charge in [-0.25, -0.2) is 0 Å². The normalized spacial score (nSPS) is 10.0. The molecule has 0 saturated carbocycles. The third-order valence-corrected chi connectivity index (χ3v) is 4.36. The molecule has 0 aromatic heterocycles. The molecular weight excluding hydrogens is 360 g/mol. The molecule has 0 spiro atoms. The summed E-state index contributed by atoms with van der Waals surface area (Å²) < 4.78 is 15.4. The molecule has 2 amide bonds. The number of likely N-dealkylation sites (N-methyl/N-ethyl adjacent to an activating group) is 1. The van der Waals surface area contributed by atoms with E-state index < -0.39 is 18.5 Å². The zero-order valence-corrected chi connectivity index (χ0v) is 16.2. The number of ether oxygens (including phenoxy) is 3. The van der Waals surface area contributed by atoms with E-state index in [9.17, 15) is 14.4 Å². The third kappa shape index (κ3) is 7.22. The van der Waals surface area contributed by atoms with Crippen molar-refractivity contribution in [3.05, 3.63) is 23.3 Å². The quantitative estimate of drug-likeness (QED) is 0.571. The smallest absolute Gasteiger partial charge is 0.316 e. The fraction of sp³-hybridized carbons (Fsp3) is 0.471. The van der Waals surface area contributed by atoms with Gasteiger partial charge < -0.3 is 24.8 Å². The van der Waals surface area contributed by atoms with E-state index in [1.165, 1.54) is 18.8 Å². The minimum atomic E-state index is -0.525. The van der Waals surface area contributed by atoms with Crippen LogP contribution >= 0.6 is 11.8 Å². The molecule has 0 fully saturated rings. The van der Waals surface area contributed by atoms with Crippen LogP contribution < -0.4 is 20.1 Å². The average molecular weight is 384 g/mol. The van der Waals surface area contributed by atoms with Crippen molar-refractivity contribution in [3.63, 3.8) is 0 Å². The van der Waals surface area contributed by atoms with Crippen LogP contribution in [0.5, 0.6) is 11.5 Å². The molecule has 0 atom stereocenters. The number of thioether (sulfide) groups is 1. The maximum Gasteiger partial charge on any atom is 0.316 e. The lowest BCUT2D eigenvalue weighted by Gasteiger charge is -2.12. The summed E-state index contributed by atoms with van der Waals surface area (Å²) in [6.07, 6.45) is 0. The Hall–Kier alpha value is -2.42. The van der Waals surface area contributed by atoms with Gasteiger partial charge in [-0.3, -0.25) is 14.4 Å². The van der Waals surface area contributed by atoms with Crippen LogP contribution in [0.2, 0.25) is 0 Å². The number of amides is 2. The monoisotopic (exact) mass is 384 g/mol. The summed E-state index contributed by atoms with van der Waals surface area (Å²) in [4.78, 5) is 34.1. The lowest BCUT2D eigenvalue weighted by Crippen LogP contribution is -2.37. The number of esters is 1. The van der Waals surface area contributed by atoms with Crippen molar-refractivity contribution in [1.82, 2.24) is 10.6 Å². The second kappa shape index (κ2) is 11.2. The Bertz CT molecular complexity index is 650. The Kier molecular flexibility index (Phi) is 9.35. The molecule has 0 bridgehead atoms. The third-order valence-electron chi connectivity index (χ3n) is 3.41. The highest BCUT2D eigenvalue weighted by Gasteiger charge is 2.11. The fourth-order valence-corrected chi connectivity index (χ4v) is 2.81. The molecule has 0 aliphatic carbocycles. The summed E-state index contributed by atoms with van der Waals surface area (Å²) >= 11 is 1.37. The van der Waals surface area contributed by atoms with Crippen LogP contribution in [-0.2, 0) is 24.9 Å². The largest absolute Gasteiger partial charge is 0.493 e. The summed E-state index contributed by atoms with van der Waals surface area (Å²) in [5, 5.41) is 4.71. The van der Waals surface area contributed by atoms with Crippen molar-refractivity contribution >= 4 is 29.5 Å². The number of carbonyl (C=O) groups is 3. The first-order valence-corrected chi connectivity index (χ1v) is 8.98. The summed E-state index contributed by atoms with van der Waals surface area (Å²) in [7, 11) is 4.61. The van der Waals surface area contributed by atoms with Gasteiger partial charge in [-0.05, 0) is 30.2 Å². The van der Waals surface area contributed by atoms with Crippen molar-refractivity contribution in [1.29, 1.82) is 0 Å². The zero-order chi connectivity index (χ0) is 19.5. The average Bonchev–Trinajstić information content (AvgIpc) is 2.65. The molecule has 1 rings (SSSR count). The minimum Gasteiger partial charge on any atom is -0.493 e. The van der Waals surface area contributed by atoms with E-state index in [0.717, 1.165) is 11.1 Å². The van der Waals surface area contributed by atoms with Crippen LogP contribution in [0.1, 0.15) is 11.1 Å². The molecule has 9 heteroatoms. The van der Waals surface area contributed by atoms with Gasteiger partial charge in [0.1, 0.15) is 0 Å². The van der Waals surface area contributed by atoms with Crippen molar-refractivity contribution in [2.45, 2.75) is 12.7 Å². The Morgan fingerprint density at radius 3 is 2.35 bits per heavy atom. The van der Waals surface area contributed by atoms with Gasteiger partial charge in [-0.2, -0.15) is 0 Å². The SMILES string of the molecule is CNC(=O)CNC(=O)COC(=O)CSCc1cc(OC)c(OC)cc1C. The number of rotatable bonds is 10. The van der Waals surface area contributed by atoms with Gasteiger partial charge in [0.25, 0.3) is 5.91 Å². The Morgan fingerprint density at radius 2 is 1.73 bits per heavy atom. The lowest BCUT2D eigenvalue weighted by atomic mass is 10.1. The molecule has 8 nitrogen and oxygen atoms in total. The topological polar surface area (TPSA) is 103 Å². The molecule has 0 saturated heterocycles. The van der Waals surface area contributed by atoms with Crippen LogP contribution in [-0.4, -0.2) is 58.0 Å². The molecule has 26 heavy (non-hydrogen) atoms. The van der Waals surface area contributed by atoms with Crippen LogP contribution in [0, 0.1) is 6.92 Å². The number of benzene rings is 1. The first-order chi connectivity index (χ1) is 12.4. The van der Waals surface area contributed by atoms with Crippen molar-refractivity contribution in [2.24, 2.45) is 0 Å². The van der Waals surface area contributed by atoms with Gasteiger partial charge >= 0.3 is 5.97 Å². The molecule has 1 aromatic rings. The molecule has 0 aliphatic rings. The molecule has 2 N–H and O–H groups in total. The van der Waals surface area contributed by atoms with Crippen LogP contribution in [0.25, 0.3) is 0 Å². The van der Waals surface area contributed by atoms with E-state index in [2.05, 4.69) is 10.6 Å². The molecule has 144 valence electrons. The van der Waals surface area contributed by atoms with Crippen molar-refractivity contribution in [3.8, 4) is 11.5 Å². The van der Waals surface area contributed by atoms with Crippen molar-refractivity contribution < 1.29 is 28.6 Å². The number of carbonyl (C=O) groups excluding carboxylic acids is 3. The van der Waals surface area contributed by atoms with Gasteiger partial charge in [-0.15, -0.1) is 11.8 Å².